The number of nitrogens with one attached hydrogen (secondary N) is 1. The van der Waals surface area contributed by atoms with Crippen LogP contribution in [0.5, 0.6) is 0 Å². The SMILES string of the molecule is CCCC(O)CNC(=O)c1nnc(Cl)s1. The highest BCUT2D eigenvalue weighted by atomic mass is 35.5. The summed E-state index contributed by atoms with van der Waals surface area (Å²) in [6.45, 7) is 2.19. The number of aliphatic hydroxyl groups is 1. The molecule has 0 bridgehead atoms. The van der Waals surface area contributed by atoms with Crippen molar-refractivity contribution in [1.82, 2.24) is 15.5 Å². The zero-order chi connectivity index (χ0) is 11.3. The van der Waals surface area contributed by atoms with Crippen molar-refractivity contribution in [2.45, 2.75) is 25.9 Å². The van der Waals surface area contributed by atoms with Crippen molar-refractivity contribution < 1.29 is 9.90 Å². The van der Waals surface area contributed by atoms with Gasteiger partial charge in [0.2, 0.25) is 9.47 Å². The van der Waals surface area contributed by atoms with Crippen LogP contribution >= 0.6 is 22.9 Å². The van der Waals surface area contributed by atoms with Crippen molar-refractivity contribution in [3.05, 3.63) is 9.47 Å². The Morgan fingerprint density at radius 3 is 2.93 bits per heavy atom. The van der Waals surface area contributed by atoms with Crippen LogP contribution in [0.25, 0.3) is 0 Å². The number of nitrogens with zero attached hydrogens (tertiary/aromatic N) is 2. The summed E-state index contributed by atoms with van der Waals surface area (Å²) in [6.07, 6.45) is 1.03. The van der Waals surface area contributed by atoms with E-state index in [0.717, 1.165) is 17.8 Å². The Bertz CT molecular complexity index is 331. The molecule has 0 saturated heterocycles. The quantitative estimate of drug-likeness (QED) is 0.819. The Kier molecular flexibility index (Phi) is 4.93. The second kappa shape index (κ2) is 5.99. The first-order valence-corrected chi connectivity index (χ1v) is 5.78. The first-order valence-electron chi connectivity index (χ1n) is 4.58. The predicted molar refractivity (Wildman–Crippen MR) is 58.2 cm³/mol. The van der Waals surface area contributed by atoms with Crippen LogP contribution < -0.4 is 5.32 Å². The average Bonchev–Trinajstić information content (AvgIpc) is 2.62. The molecule has 1 heterocycles. The molecule has 0 saturated carbocycles. The van der Waals surface area contributed by atoms with Gasteiger partial charge in [-0.25, -0.2) is 0 Å². The summed E-state index contributed by atoms with van der Waals surface area (Å²) < 4.78 is 0.231. The van der Waals surface area contributed by atoms with Crippen LogP contribution in [0.1, 0.15) is 29.6 Å². The van der Waals surface area contributed by atoms with Crippen LogP contribution in [-0.2, 0) is 0 Å². The van der Waals surface area contributed by atoms with Gasteiger partial charge in [0.15, 0.2) is 0 Å². The molecule has 0 aliphatic carbocycles. The molecule has 5 nitrogen and oxygen atoms in total. The van der Waals surface area contributed by atoms with E-state index in [4.69, 9.17) is 11.6 Å². The number of aromatic nitrogens is 2. The molecule has 0 radical (unpaired) electrons. The summed E-state index contributed by atoms with van der Waals surface area (Å²) in [5.74, 6) is -0.352. The smallest absolute Gasteiger partial charge is 0.282 e. The van der Waals surface area contributed by atoms with Gasteiger partial charge in [0.05, 0.1) is 6.10 Å². The van der Waals surface area contributed by atoms with E-state index in [-0.39, 0.29) is 21.9 Å². The Hall–Kier alpha value is -0.720. The first-order chi connectivity index (χ1) is 7.13. The highest BCUT2D eigenvalue weighted by Gasteiger charge is 2.12. The lowest BCUT2D eigenvalue weighted by molar-refractivity contribution is 0.0909. The monoisotopic (exact) mass is 249 g/mol. The summed E-state index contributed by atoms with van der Waals surface area (Å²) in [7, 11) is 0. The molecule has 84 valence electrons. The lowest BCUT2D eigenvalue weighted by atomic mass is 10.2. The van der Waals surface area contributed by atoms with Gasteiger partial charge < -0.3 is 10.4 Å². The summed E-state index contributed by atoms with van der Waals surface area (Å²) in [5.41, 5.74) is 0. The van der Waals surface area contributed by atoms with Crippen molar-refractivity contribution in [3.8, 4) is 0 Å². The normalized spacial score (nSPS) is 12.5. The number of carbonyl (C=O) groups excluding carboxylic acids is 1. The van der Waals surface area contributed by atoms with E-state index in [1.807, 2.05) is 6.92 Å². The van der Waals surface area contributed by atoms with Gasteiger partial charge in [0.25, 0.3) is 5.91 Å². The van der Waals surface area contributed by atoms with E-state index >= 15 is 0 Å². The highest BCUT2D eigenvalue weighted by molar-refractivity contribution is 7.17. The predicted octanol–water partition coefficient (Wildman–Crippen LogP) is 1.08. The molecule has 0 aliphatic rings. The fourth-order valence-electron chi connectivity index (χ4n) is 1.02. The summed E-state index contributed by atoms with van der Waals surface area (Å²) >= 11 is 6.54. The second-order valence-electron chi connectivity index (χ2n) is 3.01. The van der Waals surface area contributed by atoms with E-state index in [0.29, 0.717) is 6.42 Å². The Morgan fingerprint density at radius 2 is 2.40 bits per heavy atom. The number of aliphatic hydroxyl groups excluding tert-OH is 1. The highest BCUT2D eigenvalue weighted by Crippen LogP contribution is 2.14. The van der Waals surface area contributed by atoms with E-state index in [2.05, 4.69) is 15.5 Å². The molecule has 0 aliphatic heterocycles. The van der Waals surface area contributed by atoms with Crippen molar-refractivity contribution in [3.63, 3.8) is 0 Å². The van der Waals surface area contributed by atoms with Gasteiger partial charge in [-0.15, -0.1) is 10.2 Å². The standard InChI is InChI=1S/C8H12ClN3O2S/c1-2-3-5(13)4-10-6(14)7-11-12-8(9)15-7/h5,13H,2-4H2,1H3,(H,10,14). The maximum atomic E-state index is 11.4. The van der Waals surface area contributed by atoms with E-state index in [1.54, 1.807) is 0 Å². The molecule has 0 fully saturated rings. The zero-order valence-electron chi connectivity index (χ0n) is 8.23. The summed E-state index contributed by atoms with van der Waals surface area (Å²) in [4.78, 5) is 11.4. The van der Waals surface area contributed by atoms with Crippen LogP contribution in [0.2, 0.25) is 4.47 Å². The Morgan fingerprint density at radius 1 is 1.67 bits per heavy atom. The molecule has 1 rings (SSSR count). The molecule has 15 heavy (non-hydrogen) atoms. The number of hydrogen-bond acceptors (Lipinski definition) is 5. The van der Waals surface area contributed by atoms with E-state index in [1.165, 1.54) is 0 Å². The molecule has 1 aromatic heterocycles. The number of carbonyl (C=O) groups is 1. The molecule has 2 N–H and O–H groups in total. The van der Waals surface area contributed by atoms with Crippen molar-refractivity contribution in [2.75, 3.05) is 6.54 Å². The van der Waals surface area contributed by atoms with Crippen molar-refractivity contribution in [2.24, 2.45) is 0 Å². The number of amides is 1. The molecule has 1 amide bonds. The Balaban J connectivity index is 2.36. The van der Waals surface area contributed by atoms with Crippen LogP contribution in [-0.4, -0.2) is 33.9 Å². The van der Waals surface area contributed by atoms with Crippen molar-refractivity contribution >= 4 is 28.8 Å². The van der Waals surface area contributed by atoms with Crippen LogP contribution in [0.3, 0.4) is 0 Å². The molecule has 0 aromatic carbocycles. The third kappa shape index (κ3) is 4.11. The molecule has 0 spiro atoms. The zero-order valence-corrected chi connectivity index (χ0v) is 9.81. The van der Waals surface area contributed by atoms with Gasteiger partial charge in [-0.2, -0.15) is 0 Å². The minimum absolute atomic E-state index is 0.212. The van der Waals surface area contributed by atoms with Crippen LogP contribution in [0, 0.1) is 0 Å². The summed E-state index contributed by atoms with van der Waals surface area (Å²) in [5, 5.41) is 19.2. The third-order valence-electron chi connectivity index (χ3n) is 1.71. The largest absolute Gasteiger partial charge is 0.391 e. The minimum atomic E-state index is -0.512. The van der Waals surface area contributed by atoms with E-state index < -0.39 is 6.10 Å². The lowest BCUT2D eigenvalue weighted by Crippen LogP contribution is -2.31. The molecule has 1 atom stereocenters. The fourth-order valence-corrected chi connectivity index (χ4v) is 1.76. The molecule has 1 unspecified atom stereocenters. The van der Waals surface area contributed by atoms with Gasteiger partial charge in [-0.05, 0) is 18.0 Å². The minimum Gasteiger partial charge on any atom is -0.391 e. The van der Waals surface area contributed by atoms with Crippen LogP contribution in [0.4, 0.5) is 0 Å². The topological polar surface area (TPSA) is 75.1 Å². The molecular weight excluding hydrogens is 238 g/mol. The molecule has 1 aromatic rings. The first kappa shape index (κ1) is 12.4. The Labute approximate surface area is 96.5 Å². The number of hydrogen-bond donors (Lipinski definition) is 2. The third-order valence-corrected chi connectivity index (χ3v) is 2.73. The molecular formula is C8H12ClN3O2S. The van der Waals surface area contributed by atoms with E-state index in [9.17, 15) is 9.90 Å². The number of rotatable bonds is 5. The van der Waals surface area contributed by atoms with Crippen LogP contribution in [0.15, 0.2) is 0 Å². The lowest BCUT2D eigenvalue weighted by Gasteiger charge is -2.08. The van der Waals surface area contributed by atoms with Gasteiger partial charge >= 0.3 is 0 Å². The van der Waals surface area contributed by atoms with Crippen molar-refractivity contribution in [1.29, 1.82) is 0 Å². The van der Waals surface area contributed by atoms with Gasteiger partial charge in [-0.3, -0.25) is 4.79 Å². The molecule has 7 heteroatoms. The second-order valence-corrected chi connectivity index (χ2v) is 4.57. The fraction of sp³-hybridized carbons (Fsp3) is 0.625. The van der Waals surface area contributed by atoms with Gasteiger partial charge in [-0.1, -0.05) is 24.7 Å². The van der Waals surface area contributed by atoms with Gasteiger partial charge in [0, 0.05) is 6.54 Å². The van der Waals surface area contributed by atoms with Gasteiger partial charge in [0.1, 0.15) is 0 Å². The number of halogens is 1. The maximum Gasteiger partial charge on any atom is 0.282 e. The average molecular weight is 250 g/mol. The summed E-state index contributed by atoms with van der Waals surface area (Å²) in [6, 6.07) is 0. The maximum absolute atomic E-state index is 11.4.